The number of nitrogen functional groups attached to an aromatic ring is 1. The predicted octanol–water partition coefficient (Wildman–Crippen LogP) is 4.72. The molecule has 1 unspecified atom stereocenters. The molecule has 2 fully saturated rings. The fraction of sp³-hybridized carbons (Fsp3) is 0.426. The highest BCUT2D eigenvalue weighted by atomic mass is 31.2. The Morgan fingerprint density at radius 1 is 0.797 bits per heavy atom. The van der Waals surface area contributed by atoms with Gasteiger partial charge in [-0.25, -0.2) is 14.3 Å². The topological polar surface area (TPSA) is 270 Å². The number of aliphatic hydroxyl groups excluding tert-OH is 1. The maximum atomic E-state index is 13.5. The summed E-state index contributed by atoms with van der Waals surface area (Å²) in [5, 5.41) is 10.8. The van der Waals surface area contributed by atoms with Gasteiger partial charge in [-0.3, -0.25) is 37.7 Å². The summed E-state index contributed by atoms with van der Waals surface area (Å²) in [5.41, 5.74) is 6.89. The van der Waals surface area contributed by atoms with Crippen LogP contribution in [0.4, 0.5) is 5.95 Å². The fourth-order valence-corrected chi connectivity index (χ4v) is 8.76. The van der Waals surface area contributed by atoms with Gasteiger partial charge in [-0.15, -0.1) is 0 Å². The smallest absolute Gasteiger partial charge is 0.472 e. The minimum atomic E-state index is -4.90. The number of aromatic amines is 2. The first-order valence-corrected chi connectivity index (χ1v) is 24.2. The van der Waals surface area contributed by atoms with Crippen molar-refractivity contribution in [2.45, 2.75) is 97.2 Å². The van der Waals surface area contributed by atoms with Gasteiger partial charge in [0.1, 0.15) is 44.0 Å². The maximum Gasteiger partial charge on any atom is 0.472 e. The first kappa shape index (κ1) is 50.9. The molecule has 0 bridgehead atoms. The van der Waals surface area contributed by atoms with E-state index in [0.717, 1.165) is 16.7 Å². The lowest BCUT2D eigenvalue weighted by Crippen LogP contribution is -2.33. The van der Waals surface area contributed by atoms with Crippen LogP contribution in [-0.4, -0.2) is 101 Å². The van der Waals surface area contributed by atoms with Crippen molar-refractivity contribution >= 4 is 24.9 Å². The number of aliphatic hydroxyl groups is 1. The first-order valence-electron chi connectivity index (χ1n) is 22.7. The normalized spacial score (nSPS) is 21.0. The van der Waals surface area contributed by atoms with Crippen LogP contribution in [0.15, 0.2) is 106 Å². The van der Waals surface area contributed by atoms with E-state index in [1.807, 2.05) is 66.7 Å². The molecule has 0 amide bonds. The second kappa shape index (κ2) is 23.5. The molecule has 2 aliphatic rings. The zero-order chi connectivity index (χ0) is 49.1. The minimum absolute atomic E-state index is 0.0133. The molecule has 2 saturated heterocycles. The number of nitrogens with zero attached hydrogens (tertiary/aromatic N) is 5. The molecule has 0 spiro atoms. The minimum Gasteiger partial charge on any atom is -0.485 e. The second-order valence-electron chi connectivity index (χ2n) is 16.4. The molecule has 370 valence electrons. The molecule has 22 heteroatoms. The maximum absolute atomic E-state index is 13.5. The third-order valence-electron chi connectivity index (χ3n) is 11.6. The Labute approximate surface area is 397 Å². The lowest BCUT2D eigenvalue weighted by Gasteiger charge is -2.23. The molecule has 5 heterocycles. The van der Waals surface area contributed by atoms with E-state index in [0.29, 0.717) is 24.7 Å². The summed E-state index contributed by atoms with van der Waals surface area (Å²) in [4.78, 5) is 63.3. The van der Waals surface area contributed by atoms with E-state index in [-0.39, 0.29) is 48.7 Å². The number of aryl methyl sites for hydroxylation is 1. The van der Waals surface area contributed by atoms with Crippen molar-refractivity contribution < 1.29 is 47.3 Å². The Morgan fingerprint density at radius 3 is 2.09 bits per heavy atom. The third-order valence-corrected chi connectivity index (χ3v) is 12.7. The molecule has 21 nitrogen and oxygen atoms in total. The standard InChI is InChI=1S/C41H44N7O13P.C6H15N/c1-24-17-47(41(52)46-38(24)50)35-16-31(61-62(53,54)58-22-32-28(49)15-34(59-32)48-23-43-36-37(48)44-40(42)45-39(36)51)33(60-35)21-55-18-27-12-13-29(56-19-25-8-4-2-5-9-25)30(14-27)57-20-26-10-6-3-7-11-26;1-4-7(5-2)6-3/h2-14,17,23,28,31-35,49H,15-16,18-22H2,1H3,(H,53,54)(H,46,50,52)(H3,42,44,45,51);4-6H2,1-3H3/t28-,31-,32+,33+,34+,35+;/m0./s1. The van der Waals surface area contributed by atoms with Gasteiger partial charge in [-0.1, -0.05) is 87.5 Å². The summed E-state index contributed by atoms with van der Waals surface area (Å²) >= 11 is 0. The number of hydrogen-bond acceptors (Lipinski definition) is 16. The van der Waals surface area contributed by atoms with Crippen LogP contribution in [0.25, 0.3) is 11.2 Å². The average Bonchev–Trinajstić information content (AvgIpc) is 4.06. The quantitative estimate of drug-likeness (QED) is 0.0648. The van der Waals surface area contributed by atoms with Crippen molar-refractivity contribution in [1.29, 1.82) is 0 Å². The molecule has 3 aromatic heterocycles. The van der Waals surface area contributed by atoms with Crippen molar-refractivity contribution in [1.82, 2.24) is 34.0 Å². The Kier molecular flexibility index (Phi) is 17.4. The molecule has 0 radical (unpaired) electrons. The molecule has 8 rings (SSSR count). The van der Waals surface area contributed by atoms with Gasteiger partial charge < -0.3 is 44.3 Å². The van der Waals surface area contributed by atoms with Gasteiger partial charge in [0.2, 0.25) is 5.95 Å². The predicted molar refractivity (Wildman–Crippen MR) is 253 cm³/mol. The zero-order valence-corrected chi connectivity index (χ0v) is 39.7. The Bertz CT molecular complexity index is 2830. The summed E-state index contributed by atoms with van der Waals surface area (Å²) in [5.74, 6) is 0.887. The van der Waals surface area contributed by atoms with Crippen LogP contribution in [0.1, 0.15) is 68.3 Å². The monoisotopic (exact) mass is 974 g/mol. The number of H-pyrrole nitrogens is 2. The van der Waals surface area contributed by atoms with E-state index in [2.05, 4.69) is 45.6 Å². The highest BCUT2D eigenvalue weighted by Crippen LogP contribution is 2.49. The van der Waals surface area contributed by atoms with Gasteiger partial charge in [0, 0.05) is 24.6 Å². The Balaban J connectivity index is 0.000000933. The highest BCUT2D eigenvalue weighted by Gasteiger charge is 2.44. The number of hydrogen-bond donors (Lipinski definition) is 5. The van der Waals surface area contributed by atoms with Crippen LogP contribution in [0.2, 0.25) is 0 Å². The van der Waals surface area contributed by atoms with Crippen LogP contribution in [0.5, 0.6) is 11.5 Å². The Morgan fingerprint density at radius 2 is 1.43 bits per heavy atom. The van der Waals surface area contributed by atoms with Gasteiger partial charge in [0.25, 0.3) is 11.1 Å². The van der Waals surface area contributed by atoms with E-state index in [4.69, 9.17) is 38.5 Å². The van der Waals surface area contributed by atoms with Crippen molar-refractivity contribution in [2.75, 3.05) is 38.6 Å². The molecular formula is C47H59N8O13P. The number of anilines is 1. The first-order chi connectivity index (χ1) is 33.2. The van der Waals surface area contributed by atoms with Crippen molar-refractivity contribution in [3.05, 3.63) is 145 Å². The van der Waals surface area contributed by atoms with E-state index in [1.165, 1.54) is 48.2 Å². The molecule has 6 aromatic rings. The molecule has 6 N–H and O–H groups in total. The van der Waals surface area contributed by atoms with E-state index in [1.54, 1.807) is 12.1 Å². The Hall–Kier alpha value is -6.00. The molecule has 7 atom stereocenters. The molecule has 2 aliphatic heterocycles. The third kappa shape index (κ3) is 13.4. The SMILES string of the molecule is CCN(CC)CC.Cc1cn([C@H]2C[C@H](OP(=O)(O)OC[C@H]3O[C@@H](n4cnc5c(=O)[nH]c(N)nc54)C[C@@H]3O)[C@@H](COCc3ccc(OCc4ccccc4)c(OCc4ccccc4)c3)O2)c(=O)[nH]c1=O. The van der Waals surface area contributed by atoms with Gasteiger partial charge in [-0.2, -0.15) is 4.98 Å². The summed E-state index contributed by atoms with van der Waals surface area (Å²) in [7, 11) is -4.90. The van der Waals surface area contributed by atoms with E-state index >= 15 is 0 Å². The molecule has 0 aliphatic carbocycles. The van der Waals surface area contributed by atoms with Crippen LogP contribution in [0, 0.1) is 6.92 Å². The number of nitrogens with two attached hydrogens (primary N) is 1. The number of imidazole rings is 1. The van der Waals surface area contributed by atoms with Gasteiger partial charge >= 0.3 is 13.5 Å². The number of phosphoric acid groups is 1. The number of phosphoric ester groups is 1. The number of aromatic nitrogens is 6. The summed E-state index contributed by atoms with van der Waals surface area (Å²) < 4.78 is 57.6. The van der Waals surface area contributed by atoms with Crippen molar-refractivity contribution in [3.63, 3.8) is 0 Å². The van der Waals surface area contributed by atoms with Crippen molar-refractivity contribution in [2.24, 2.45) is 0 Å². The van der Waals surface area contributed by atoms with E-state index < -0.39 is 68.1 Å². The highest BCUT2D eigenvalue weighted by molar-refractivity contribution is 7.47. The summed E-state index contributed by atoms with van der Waals surface area (Å²) in [6, 6.07) is 24.8. The van der Waals surface area contributed by atoms with Crippen LogP contribution >= 0.6 is 7.82 Å². The largest absolute Gasteiger partial charge is 0.485 e. The van der Waals surface area contributed by atoms with Gasteiger partial charge in [0.05, 0.1) is 32.3 Å². The molecule has 69 heavy (non-hydrogen) atoms. The molecule has 3 aromatic carbocycles. The molecule has 0 saturated carbocycles. The fourth-order valence-electron chi connectivity index (χ4n) is 7.80. The zero-order valence-electron chi connectivity index (χ0n) is 38.8. The van der Waals surface area contributed by atoms with Crippen molar-refractivity contribution in [3.8, 4) is 11.5 Å². The van der Waals surface area contributed by atoms with Gasteiger partial charge in [-0.05, 0) is 55.4 Å². The summed E-state index contributed by atoms with van der Waals surface area (Å²) in [6.07, 6.45) is -3.71. The van der Waals surface area contributed by atoms with Crippen LogP contribution in [-0.2, 0) is 47.6 Å². The van der Waals surface area contributed by atoms with Crippen LogP contribution < -0.4 is 32.0 Å². The number of benzene rings is 3. The lowest BCUT2D eigenvalue weighted by molar-refractivity contribution is -0.0704. The summed E-state index contributed by atoms with van der Waals surface area (Å²) in [6.45, 7) is 11.6. The number of rotatable bonds is 20. The van der Waals surface area contributed by atoms with Gasteiger partial charge in [0.15, 0.2) is 22.7 Å². The lowest BCUT2D eigenvalue weighted by atomic mass is 10.2. The van der Waals surface area contributed by atoms with Crippen LogP contribution in [0.3, 0.4) is 0 Å². The average molecular weight is 975 g/mol. The number of nitrogens with one attached hydrogen (secondary N) is 2. The van der Waals surface area contributed by atoms with E-state index in [9.17, 15) is 28.9 Å². The molecular weight excluding hydrogens is 916 g/mol. The number of fused-ring (bicyclic) bond motifs is 1. The number of ether oxygens (including phenoxy) is 5. The second-order valence-corrected chi connectivity index (χ2v) is 17.8.